The average Bonchev–Trinajstić information content (AvgIpc) is 3.01. The molecule has 0 bridgehead atoms. The van der Waals surface area contributed by atoms with Gasteiger partial charge in [-0.2, -0.15) is 0 Å². The molecule has 1 aromatic heterocycles. The van der Waals surface area contributed by atoms with Crippen LogP contribution in [0.5, 0.6) is 0 Å². The third-order valence-corrected chi connectivity index (χ3v) is 4.41. The van der Waals surface area contributed by atoms with Crippen molar-refractivity contribution in [3.63, 3.8) is 0 Å². The highest BCUT2D eigenvalue weighted by atomic mass is 32.1. The van der Waals surface area contributed by atoms with E-state index < -0.39 is 0 Å². The minimum Gasteiger partial charge on any atom is -0.349 e. The van der Waals surface area contributed by atoms with Crippen molar-refractivity contribution in [1.82, 2.24) is 4.98 Å². The van der Waals surface area contributed by atoms with Crippen molar-refractivity contribution in [2.24, 2.45) is 5.73 Å². The molecular formula is C12H21N3S. The van der Waals surface area contributed by atoms with E-state index in [4.69, 9.17) is 10.7 Å². The van der Waals surface area contributed by atoms with Crippen molar-refractivity contribution in [3.8, 4) is 0 Å². The highest BCUT2D eigenvalue weighted by Crippen LogP contribution is 2.45. The first kappa shape index (κ1) is 11.9. The summed E-state index contributed by atoms with van der Waals surface area (Å²) in [5.41, 5.74) is 7.31. The van der Waals surface area contributed by atoms with Gasteiger partial charge < -0.3 is 10.6 Å². The number of nitrogens with two attached hydrogens (primary N) is 1. The number of nitrogens with zero attached hydrogens (tertiary/aromatic N) is 2. The van der Waals surface area contributed by atoms with Gasteiger partial charge in [-0.1, -0.05) is 11.3 Å². The lowest BCUT2D eigenvalue weighted by Crippen LogP contribution is -2.21. The maximum atomic E-state index is 6.03. The Kier molecular flexibility index (Phi) is 3.50. The summed E-state index contributed by atoms with van der Waals surface area (Å²) in [4.78, 5) is 8.40. The molecule has 4 heteroatoms. The molecule has 1 fully saturated rings. The van der Waals surface area contributed by atoms with Gasteiger partial charge in [-0.15, -0.1) is 0 Å². The van der Waals surface area contributed by atoms with Crippen LogP contribution in [-0.4, -0.2) is 18.1 Å². The van der Waals surface area contributed by atoms with Gasteiger partial charge in [0.05, 0.1) is 5.69 Å². The smallest absolute Gasteiger partial charge is 0.185 e. The van der Waals surface area contributed by atoms with Gasteiger partial charge in [-0.3, -0.25) is 0 Å². The molecule has 3 nitrogen and oxygen atoms in total. The minimum atomic E-state index is 0.123. The summed E-state index contributed by atoms with van der Waals surface area (Å²) in [6.45, 7) is 8.45. The van der Waals surface area contributed by atoms with Crippen LogP contribution in [0.4, 0.5) is 5.13 Å². The van der Waals surface area contributed by atoms with E-state index in [2.05, 4.69) is 25.7 Å². The van der Waals surface area contributed by atoms with Crippen LogP contribution in [0.2, 0.25) is 0 Å². The molecule has 90 valence electrons. The lowest BCUT2D eigenvalue weighted by molar-refractivity contribution is 0.807. The van der Waals surface area contributed by atoms with E-state index in [9.17, 15) is 0 Å². The van der Waals surface area contributed by atoms with E-state index in [0.29, 0.717) is 5.92 Å². The maximum absolute atomic E-state index is 6.03. The Morgan fingerprint density at radius 3 is 2.50 bits per heavy atom. The predicted octanol–water partition coefficient (Wildman–Crippen LogP) is 2.89. The van der Waals surface area contributed by atoms with E-state index in [1.165, 1.54) is 23.4 Å². The Bertz CT molecular complexity index is 332. The van der Waals surface area contributed by atoms with Crippen molar-refractivity contribution in [3.05, 3.63) is 10.6 Å². The maximum Gasteiger partial charge on any atom is 0.185 e. The van der Waals surface area contributed by atoms with Gasteiger partial charge in [0.2, 0.25) is 0 Å². The quantitative estimate of drug-likeness (QED) is 0.859. The van der Waals surface area contributed by atoms with Crippen LogP contribution in [-0.2, 0) is 0 Å². The molecule has 0 radical (unpaired) electrons. The van der Waals surface area contributed by atoms with Crippen molar-refractivity contribution in [2.75, 3.05) is 18.0 Å². The molecule has 1 aliphatic rings. The van der Waals surface area contributed by atoms with Crippen molar-refractivity contribution >= 4 is 16.5 Å². The molecule has 1 heterocycles. The van der Waals surface area contributed by atoms with Crippen LogP contribution >= 0.6 is 11.3 Å². The minimum absolute atomic E-state index is 0.123. The number of rotatable bonds is 5. The monoisotopic (exact) mass is 239 g/mol. The van der Waals surface area contributed by atoms with Gasteiger partial charge in [-0.05, 0) is 33.6 Å². The predicted molar refractivity (Wildman–Crippen MR) is 70.3 cm³/mol. The number of hydrogen-bond donors (Lipinski definition) is 1. The second-order valence-corrected chi connectivity index (χ2v) is 5.49. The highest BCUT2D eigenvalue weighted by molar-refractivity contribution is 7.15. The average molecular weight is 239 g/mol. The number of aromatic nitrogens is 1. The van der Waals surface area contributed by atoms with Crippen molar-refractivity contribution in [1.29, 1.82) is 0 Å². The summed E-state index contributed by atoms with van der Waals surface area (Å²) in [6.07, 6.45) is 2.59. The zero-order chi connectivity index (χ0) is 11.7. The molecule has 2 rings (SSSR count). The zero-order valence-corrected chi connectivity index (χ0v) is 11.2. The summed E-state index contributed by atoms with van der Waals surface area (Å²) in [5.74, 6) is 0.696. The Balaban J connectivity index is 2.30. The topological polar surface area (TPSA) is 42.2 Å². The van der Waals surface area contributed by atoms with E-state index in [-0.39, 0.29) is 6.04 Å². The fourth-order valence-electron chi connectivity index (χ4n) is 1.94. The van der Waals surface area contributed by atoms with Crippen LogP contribution in [0.25, 0.3) is 0 Å². The Morgan fingerprint density at radius 2 is 2.06 bits per heavy atom. The van der Waals surface area contributed by atoms with Crippen LogP contribution < -0.4 is 10.6 Å². The standard InChI is InChI=1S/C12H21N3S/c1-4-15(5-2)12-14-10(9-6-7-9)11(16-12)8(3)13/h8-9H,4-7,13H2,1-3H3. The summed E-state index contributed by atoms with van der Waals surface area (Å²) in [7, 11) is 0. The largest absolute Gasteiger partial charge is 0.349 e. The van der Waals surface area contributed by atoms with E-state index in [0.717, 1.165) is 18.2 Å². The van der Waals surface area contributed by atoms with Crippen LogP contribution in [0.3, 0.4) is 0 Å². The lowest BCUT2D eigenvalue weighted by Gasteiger charge is -2.16. The fraction of sp³-hybridized carbons (Fsp3) is 0.750. The molecule has 0 aliphatic heterocycles. The molecule has 16 heavy (non-hydrogen) atoms. The first-order chi connectivity index (χ1) is 7.67. The lowest BCUT2D eigenvalue weighted by atomic mass is 10.2. The van der Waals surface area contributed by atoms with E-state index in [1.54, 1.807) is 11.3 Å². The van der Waals surface area contributed by atoms with Gasteiger partial charge in [0.25, 0.3) is 0 Å². The van der Waals surface area contributed by atoms with Gasteiger partial charge >= 0.3 is 0 Å². The number of thiazole rings is 1. The number of hydrogen-bond acceptors (Lipinski definition) is 4. The van der Waals surface area contributed by atoms with Crippen molar-refractivity contribution in [2.45, 2.75) is 45.6 Å². The van der Waals surface area contributed by atoms with E-state index >= 15 is 0 Å². The molecule has 1 unspecified atom stereocenters. The van der Waals surface area contributed by atoms with Gasteiger partial charge in [0.1, 0.15) is 0 Å². The molecule has 1 aliphatic carbocycles. The Morgan fingerprint density at radius 1 is 1.44 bits per heavy atom. The number of anilines is 1. The highest BCUT2D eigenvalue weighted by Gasteiger charge is 2.31. The molecule has 0 saturated heterocycles. The molecular weight excluding hydrogens is 218 g/mol. The molecule has 0 amide bonds. The van der Waals surface area contributed by atoms with Gasteiger partial charge in [0.15, 0.2) is 5.13 Å². The fourth-order valence-corrected chi connectivity index (χ4v) is 3.17. The third-order valence-electron chi connectivity index (χ3n) is 3.08. The zero-order valence-electron chi connectivity index (χ0n) is 10.4. The molecule has 1 atom stereocenters. The summed E-state index contributed by atoms with van der Waals surface area (Å²) < 4.78 is 0. The van der Waals surface area contributed by atoms with Crippen LogP contribution in [0, 0.1) is 0 Å². The summed E-state index contributed by atoms with van der Waals surface area (Å²) >= 11 is 1.78. The first-order valence-corrected chi connectivity index (χ1v) is 7.00. The molecule has 2 N–H and O–H groups in total. The van der Waals surface area contributed by atoms with Gasteiger partial charge in [0, 0.05) is 29.9 Å². The van der Waals surface area contributed by atoms with Crippen molar-refractivity contribution < 1.29 is 0 Å². The summed E-state index contributed by atoms with van der Waals surface area (Å²) in [6, 6.07) is 0.123. The molecule has 1 saturated carbocycles. The van der Waals surface area contributed by atoms with E-state index in [1.807, 2.05) is 0 Å². The molecule has 0 spiro atoms. The first-order valence-electron chi connectivity index (χ1n) is 6.18. The van der Waals surface area contributed by atoms with Crippen LogP contribution in [0.15, 0.2) is 0 Å². The summed E-state index contributed by atoms with van der Waals surface area (Å²) in [5, 5.41) is 1.15. The van der Waals surface area contributed by atoms with Gasteiger partial charge in [-0.25, -0.2) is 4.98 Å². The SMILES string of the molecule is CCN(CC)c1nc(C2CC2)c(C(C)N)s1. The Hall–Kier alpha value is -0.610. The second-order valence-electron chi connectivity index (χ2n) is 4.48. The van der Waals surface area contributed by atoms with Crippen LogP contribution in [0.1, 0.15) is 56.1 Å². The molecule has 0 aromatic carbocycles. The normalized spacial score (nSPS) is 17.5. The molecule has 1 aromatic rings. The Labute approximate surface area is 102 Å². The third kappa shape index (κ3) is 2.23. The second kappa shape index (κ2) is 4.72.